The summed E-state index contributed by atoms with van der Waals surface area (Å²) in [6.45, 7) is 3.63. The van der Waals surface area contributed by atoms with Crippen molar-refractivity contribution in [1.29, 1.82) is 0 Å². The van der Waals surface area contributed by atoms with Gasteiger partial charge in [-0.05, 0) is 23.6 Å². The second-order valence-electron chi connectivity index (χ2n) is 7.51. The maximum absolute atomic E-state index is 13.1. The number of carboxylic acid groups (broad SMARTS) is 1. The molecule has 1 aliphatic heterocycles. The molecular weight excluding hydrogens is 386 g/mol. The number of anilines is 1. The van der Waals surface area contributed by atoms with E-state index in [1.807, 2.05) is 42.5 Å². The van der Waals surface area contributed by atoms with Crippen molar-refractivity contribution < 1.29 is 29.0 Å². The molecule has 0 bridgehead atoms. The van der Waals surface area contributed by atoms with Crippen LogP contribution >= 0.6 is 0 Å². The average Bonchev–Trinajstić information content (AvgIpc) is 3.09. The van der Waals surface area contributed by atoms with Crippen LogP contribution in [0.1, 0.15) is 31.4 Å². The molecule has 3 atom stereocenters. The Balaban J connectivity index is 1.63. The van der Waals surface area contributed by atoms with Gasteiger partial charge in [0.2, 0.25) is 5.91 Å². The third-order valence-electron chi connectivity index (χ3n) is 5.16. The van der Waals surface area contributed by atoms with Crippen LogP contribution in [0.2, 0.25) is 0 Å². The molecule has 7 heteroatoms. The Morgan fingerprint density at radius 2 is 1.70 bits per heavy atom. The first-order valence-electron chi connectivity index (χ1n) is 9.88. The van der Waals surface area contributed by atoms with Gasteiger partial charge in [-0.25, -0.2) is 4.79 Å². The highest BCUT2D eigenvalue weighted by atomic mass is 16.7. The second kappa shape index (κ2) is 9.43. The zero-order chi connectivity index (χ0) is 21.7. The lowest BCUT2D eigenvalue weighted by Gasteiger charge is -2.27. The highest BCUT2D eigenvalue weighted by Crippen LogP contribution is 2.34. The number of carbonyl (C=O) groups is 3. The molecule has 0 fully saturated rings. The Kier molecular flexibility index (Phi) is 6.72. The van der Waals surface area contributed by atoms with Crippen LogP contribution in [0.25, 0.3) is 0 Å². The van der Waals surface area contributed by atoms with Crippen LogP contribution in [0.3, 0.4) is 0 Å². The van der Waals surface area contributed by atoms with Crippen molar-refractivity contribution >= 4 is 23.7 Å². The lowest BCUT2D eigenvalue weighted by molar-refractivity contribution is -0.150. The van der Waals surface area contributed by atoms with Crippen molar-refractivity contribution in [1.82, 2.24) is 0 Å². The number of amides is 1. The van der Waals surface area contributed by atoms with Crippen LogP contribution in [-0.4, -0.2) is 29.4 Å². The SMILES string of the molecule is C[C@H](C[C@@H](C)C(=O)N1c2ccccc2C[C@@H]1OC(=O)O)C(=O)OCc1ccccc1. The standard InChI is InChI=1S/C23H25NO6/c1-15(12-16(2)22(26)29-14-17-8-4-3-5-9-17)21(25)24-19-11-7-6-10-18(19)13-20(24)30-23(27)28/h3-11,15-16,20H,12-14H2,1-2H3,(H,27,28)/t15-,16-,20+/m1/s1. The van der Waals surface area contributed by atoms with E-state index in [9.17, 15) is 14.4 Å². The first-order chi connectivity index (χ1) is 14.4. The monoisotopic (exact) mass is 411 g/mol. The minimum Gasteiger partial charge on any atom is -0.461 e. The zero-order valence-corrected chi connectivity index (χ0v) is 17.0. The van der Waals surface area contributed by atoms with Gasteiger partial charge in [0, 0.05) is 12.3 Å². The Hall–Kier alpha value is -3.35. The van der Waals surface area contributed by atoms with Crippen molar-refractivity contribution in [2.24, 2.45) is 11.8 Å². The summed E-state index contributed by atoms with van der Waals surface area (Å²) in [6, 6.07) is 16.6. The molecule has 0 radical (unpaired) electrons. The number of benzene rings is 2. The number of rotatable bonds is 7. The number of hydrogen-bond acceptors (Lipinski definition) is 5. The molecule has 1 heterocycles. The fourth-order valence-electron chi connectivity index (χ4n) is 3.66. The van der Waals surface area contributed by atoms with Crippen LogP contribution in [-0.2, 0) is 32.1 Å². The Labute approximate surface area is 175 Å². The first-order valence-corrected chi connectivity index (χ1v) is 9.88. The number of ether oxygens (including phenoxy) is 2. The fourth-order valence-corrected chi connectivity index (χ4v) is 3.66. The summed E-state index contributed by atoms with van der Waals surface area (Å²) in [5, 5.41) is 9.04. The molecule has 0 saturated carbocycles. The van der Waals surface area contributed by atoms with Gasteiger partial charge in [0.1, 0.15) is 6.61 Å². The second-order valence-corrected chi connectivity index (χ2v) is 7.51. The predicted octanol–water partition coefficient (Wildman–Crippen LogP) is 4.00. The minimum absolute atomic E-state index is 0.181. The number of esters is 1. The maximum Gasteiger partial charge on any atom is 0.507 e. The molecule has 1 amide bonds. The van der Waals surface area contributed by atoms with Gasteiger partial charge in [0.05, 0.1) is 11.6 Å². The van der Waals surface area contributed by atoms with Gasteiger partial charge in [-0.15, -0.1) is 0 Å². The van der Waals surface area contributed by atoms with E-state index in [4.69, 9.17) is 14.6 Å². The average molecular weight is 411 g/mol. The third kappa shape index (κ3) is 4.97. The molecule has 158 valence electrons. The molecule has 1 N–H and O–H groups in total. The van der Waals surface area contributed by atoms with Gasteiger partial charge in [-0.3, -0.25) is 14.5 Å². The van der Waals surface area contributed by atoms with Crippen LogP contribution < -0.4 is 4.90 Å². The van der Waals surface area contributed by atoms with Crippen LogP contribution in [0.5, 0.6) is 0 Å². The molecule has 30 heavy (non-hydrogen) atoms. The molecule has 3 rings (SSSR count). The molecular formula is C23H25NO6. The van der Waals surface area contributed by atoms with Crippen molar-refractivity contribution in [3.63, 3.8) is 0 Å². The fraction of sp³-hybridized carbons (Fsp3) is 0.348. The van der Waals surface area contributed by atoms with E-state index in [0.717, 1.165) is 11.1 Å². The molecule has 0 aliphatic carbocycles. The summed E-state index contributed by atoms with van der Waals surface area (Å²) in [5.41, 5.74) is 2.38. The molecule has 0 aromatic heterocycles. The van der Waals surface area contributed by atoms with Gasteiger partial charge in [-0.2, -0.15) is 0 Å². The normalized spacial score (nSPS) is 17.0. The lowest BCUT2D eigenvalue weighted by atomic mass is 9.96. The molecule has 0 spiro atoms. The minimum atomic E-state index is -1.43. The van der Waals surface area contributed by atoms with Crippen LogP contribution in [0.4, 0.5) is 10.5 Å². The summed E-state index contributed by atoms with van der Waals surface area (Å²) < 4.78 is 10.3. The van der Waals surface area contributed by atoms with E-state index in [1.165, 1.54) is 4.90 Å². The van der Waals surface area contributed by atoms with Gasteiger partial charge in [-0.1, -0.05) is 62.4 Å². The number of nitrogens with zero attached hydrogens (tertiary/aromatic N) is 1. The third-order valence-corrected chi connectivity index (χ3v) is 5.16. The van der Waals surface area contributed by atoms with E-state index in [1.54, 1.807) is 26.0 Å². The van der Waals surface area contributed by atoms with Crippen molar-refractivity contribution in [2.75, 3.05) is 4.90 Å². The summed E-state index contributed by atoms with van der Waals surface area (Å²) in [5.74, 6) is -1.66. The Morgan fingerprint density at radius 1 is 1.03 bits per heavy atom. The summed E-state index contributed by atoms with van der Waals surface area (Å²) in [7, 11) is 0. The van der Waals surface area contributed by atoms with E-state index < -0.39 is 24.2 Å². The van der Waals surface area contributed by atoms with E-state index in [-0.39, 0.29) is 24.9 Å². The van der Waals surface area contributed by atoms with Crippen molar-refractivity contribution in [2.45, 2.75) is 39.5 Å². The Morgan fingerprint density at radius 3 is 2.40 bits per heavy atom. The van der Waals surface area contributed by atoms with E-state index in [2.05, 4.69) is 0 Å². The van der Waals surface area contributed by atoms with Gasteiger partial charge < -0.3 is 14.6 Å². The zero-order valence-electron chi connectivity index (χ0n) is 17.0. The first kappa shape index (κ1) is 21.4. The quantitative estimate of drug-likeness (QED) is 0.692. The number of hydrogen-bond donors (Lipinski definition) is 1. The van der Waals surface area contributed by atoms with Gasteiger partial charge in [0.25, 0.3) is 0 Å². The molecule has 2 aromatic carbocycles. The predicted molar refractivity (Wildman–Crippen MR) is 110 cm³/mol. The number of fused-ring (bicyclic) bond motifs is 1. The van der Waals surface area contributed by atoms with Crippen molar-refractivity contribution in [3.8, 4) is 0 Å². The molecule has 0 unspecified atom stereocenters. The van der Waals surface area contributed by atoms with Crippen LogP contribution in [0.15, 0.2) is 54.6 Å². The summed E-state index contributed by atoms with van der Waals surface area (Å²) in [6.07, 6.45) is -1.76. The summed E-state index contributed by atoms with van der Waals surface area (Å²) >= 11 is 0. The molecule has 1 aliphatic rings. The van der Waals surface area contributed by atoms with E-state index in [0.29, 0.717) is 12.1 Å². The topological polar surface area (TPSA) is 93.1 Å². The largest absolute Gasteiger partial charge is 0.507 e. The van der Waals surface area contributed by atoms with Crippen molar-refractivity contribution in [3.05, 3.63) is 65.7 Å². The van der Waals surface area contributed by atoms with E-state index >= 15 is 0 Å². The highest BCUT2D eigenvalue weighted by molar-refractivity contribution is 5.97. The summed E-state index contributed by atoms with van der Waals surface area (Å²) in [4.78, 5) is 38.0. The number of para-hydroxylation sites is 1. The molecule has 2 aromatic rings. The number of carbonyl (C=O) groups excluding carboxylic acids is 2. The smallest absolute Gasteiger partial charge is 0.461 e. The maximum atomic E-state index is 13.1. The van der Waals surface area contributed by atoms with Gasteiger partial charge >= 0.3 is 12.1 Å². The van der Waals surface area contributed by atoms with Gasteiger partial charge in [0.15, 0.2) is 6.23 Å². The molecule has 0 saturated heterocycles. The highest BCUT2D eigenvalue weighted by Gasteiger charge is 2.38. The van der Waals surface area contributed by atoms with Crippen LogP contribution in [0, 0.1) is 11.8 Å². The Bertz CT molecular complexity index is 913. The molecule has 7 nitrogen and oxygen atoms in total. The lowest BCUT2D eigenvalue weighted by Crippen LogP contribution is -2.43.